The summed E-state index contributed by atoms with van der Waals surface area (Å²) in [7, 11) is 1.61. The van der Waals surface area contributed by atoms with Crippen molar-refractivity contribution < 1.29 is 19.1 Å². The van der Waals surface area contributed by atoms with Gasteiger partial charge in [0, 0.05) is 31.1 Å². The molecule has 0 spiro atoms. The van der Waals surface area contributed by atoms with Gasteiger partial charge in [-0.1, -0.05) is 75.3 Å². The van der Waals surface area contributed by atoms with Crippen LogP contribution >= 0.6 is 0 Å². The van der Waals surface area contributed by atoms with E-state index in [1.165, 1.54) is 12.8 Å². The second-order valence-electron chi connectivity index (χ2n) is 12.0. The average Bonchev–Trinajstić information content (AvgIpc) is 3.50. The number of amides is 3. The summed E-state index contributed by atoms with van der Waals surface area (Å²) in [6.45, 7) is 5.36. The molecule has 2 fully saturated rings. The number of unbranched alkanes of at least 4 members (excludes halogenated alkanes) is 4. The molecule has 7 heteroatoms. The van der Waals surface area contributed by atoms with Crippen molar-refractivity contribution in [3.05, 3.63) is 65.2 Å². The molecule has 1 saturated heterocycles. The minimum atomic E-state index is -0.418. The maximum atomic E-state index is 14.0. The van der Waals surface area contributed by atoms with Crippen molar-refractivity contribution >= 4 is 17.7 Å². The normalized spacial score (nSPS) is 20.3. The van der Waals surface area contributed by atoms with Crippen molar-refractivity contribution in [1.82, 2.24) is 15.1 Å². The Morgan fingerprint density at radius 2 is 1.71 bits per heavy atom. The van der Waals surface area contributed by atoms with Crippen molar-refractivity contribution in [2.75, 3.05) is 13.7 Å². The fourth-order valence-corrected chi connectivity index (χ4v) is 6.54. The molecule has 3 atom stereocenters. The van der Waals surface area contributed by atoms with E-state index in [9.17, 15) is 14.4 Å². The van der Waals surface area contributed by atoms with E-state index < -0.39 is 6.04 Å². The third kappa shape index (κ3) is 8.36. The van der Waals surface area contributed by atoms with E-state index in [1.54, 1.807) is 12.0 Å². The zero-order chi connectivity index (χ0) is 29.9. The lowest BCUT2D eigenvalue weighted by Gasteiger charge is -2.41. The van der Waals surface area contributed by atoms with E-state index >= 15 is 0 Å². The van der Waals surface area contributed by atoms with E-state index in [-0.39, 0.29) is 29.8 Å². The van der Waals surface area contributed by atoms with Gasteiger partial charge in [0.05, 0.1) is 13.2 Å². The lowest BCUT2D eigenvalue weighted by molar-refractivity contribution is -0.139. The van der Waals surface area contributed by atoms with Gasteiger partial charge in [-0.3, -0.25) is 14.4 Å². The van der Waals surface area contributed by atoms with Gasteiger partial charge in [0.2, 0.25) is 11.8 Å². The zero-order valence-electron chi connectivity index (χ0n) is 25.8. The van der Waals surface area contributed by atoms with Gasteiger partial charge in [-0.05, 0) is 68.9 Å². The van der Waals surface area contributed by atoms with Crippen LogP contribution in [0.1, 0.15) is 105 Å². The van der Waals surface area contributed by atoms with E-state index in [1.807, 2.05) is 35.2 Å². The van der Waals surface area contributed by atoms with E-state index in [0.29, 0.717) is 37.2 Å². The van der Waals surface area contributed by atoms with Crippen molar-refractivity contribution in [1.29, 1.82) is 0 Å². The number of carbonyl (C=O) groups excluding carboxylic acids is 3. The summed E-state index contributed by atoms with van der Waals surface area (Å²) in [6, 6.07) is 14.8. The van der Waals surface area contributed by atoms with Gasteiger partial charge in [-0.2, -0.15) is 0 Å². The maximum Gasteiger partial charge on any atom is 0.254 e. The van der Waals surface area contributed by atoms with Gasteiger partial charge in [0.15, 0.2) is 0 Å². The molecule has 2 aromatic rings. The molecule has 1 saturated carbocycles. The number of hydrogen-bond donors (Lipinski definition) is 1. The molecule has 1 aliphatic heterocycles. The fraction of sp³-hybridized carbons (Fsp3) is 0.571. The number of methoxy groups -OCH3 is 1. The first-order chi connectivity index (χ1) is 20.4. The van der Waals surface area contributed by atoms with Gasteiger partial charge in [0.1, 0.15) is 11.8 Å². The Morgan fingerprint density at radius 1 is 0.952 bits per heavy atom. The minimum absolute atomic E-state index is 0.0500. The molecule has 1 unspecified atom stereocenters. The van der Waals surface area contributed by atoms with E-state index in [0.717, 1.165) is 62.5 Å². The Hall–Kier alpha value is -3.35. The predicted molar refractivity (Wildman–Crippen MR) is 166 cm³/mol. The molecule has 3 amide bonds. The Bertz CT molecular complexity index is 1180. The average molecular weight is 576 g/mol. The molecule has 228 valence electrons. The van der Waals surface area contributed by atoms with Crippen molar-refractivity contribution in [3.63, 3.8) is 0 Å². The van der Waals surface area contributed by atoms with Crippen LogP contribution in [0.4, 0.5) is 0 Å². The quantitative estimate of drug-likeness (QED) is 0.280. The Kier molecular flexibility index (Phi) is 11.8. The number of likely N-dealkylation sites (tertiary alicyclic amines) is 1. The molecule has 4 rings (SSSR count). The summed E-state index contributed by atoms with van der Waals surface area (Å²) in [5.41, 5.74) is 2.82. The van der Waals surface area contributed by atoms with E-state index in [2.05, 4.69) is 37.4 Å². The maximum absolute atomic E-state index is 14.0. The minimum Gasteiger partial charge on any atom is -0.497 e. The van der Waals surface area contributed by atoms with Crippen LogP contribution in [0.5, 0.6) is 5.75 Å². The third-order valence-corrected chi connectivity index (χ3v) is 8.86. The molecular formula is C35H49N3O4. The number of aryl methyl sites for hydroxylation is 1. The fourth-order valence-electron chi connectivity index (χ4n) is 6.54. The zero-order valence-corrected chi connectivity index (χ0v) is 25.8. The number of carbonyl (C=O) groups is 3. The first kappa shape index (κ1) is 31.6. The lowest BCUT2D eigenvalue weighted by atomic mass is 9.88. The largest absolute Gasteiger partial charge is 0.497 e. The van der Waals surface area contributed by atoms with Gasteiger partial charge in [-0.15, -0.1) is 0 Å². The lowest BCUT2D eigenvalue weighted by Crippen LogP contribution is -2.57. The first-order valence-corrected chi connectivity index (χ1v) is 16.0. The Balaban J connectivity index is 1.49. The third-order valence-electron chi connectivity index (χ3n) is 8.86. The molecule has 1 aliphatic carbocycles. The summed E-state index contributed by atoms with van der Waals surface area (Å²) in [4.78, 5) is 44.6. The highest BCUT2D eigenvalue weighted by Crippen LogP contribution is 2.28. The van der Waals surface area contributed by atoms with Crippen LogP contribution in [0.15, 0.2) is 48.5 Å². The van der Waals surface area contributed by atoms with Gasteiger partial charge in [-0.25, -0.2) is 0 Å². The number of nitrogens with zero attached hydrogens (tertiary/aromatic N) is 2. The highest BCUT2D eigenvalue weighted by atomic mass is 16.5. The van der Waals surface area contributed by atoms with Crippen LogP contribution in [0.25, 0.3) is 0 Å². The molecule has 7 nitrogen and oxygen atoms in total. The summed E-state index contributed by atoms with van der Waals surface area (Å²) in [5.74, 6) is 0.679. The topological polar surface area (TPSA) is 79.0 Å². The van der Waals surface area contributed by atoms with Crippen molar-refractivity contribution in [3.8, 4) is 5.75 Å². The van der Waals surface area contributed by atoms with Crippen molar-refractivity contribution in [2.45, 2.75) is 116 Å². The smallest absolute Gasteiger partial charge is 0.254 e. The Labute approximate surface area is 252 Å². The molecule has 42 heavy (non-hydrogen) atoms. The molecule has 2 aromatic carbocycles. The molecule has 0 aromatic heterocycles. The van der Waals surface area contributed by atoms with Crippen LogP contribution in [-0.4, -0.2) is 59.3 Å². The van der Waals surface area contributed by atoms with Gasteiger partial charge in [0.25, 0.3) is 5.91 Å². The number of hydrogen-bond acceptors (Lipinski definition) is 4. The summed E-state index contributed by atoms with van der Waals surface area (Å²) in [6.07, 6.45) is 11.2. The second kappa shape index (κ2) is 15.8. The summed E-state index contributed by atoms with van der Waals surface area (Å²) >= 11 is 0. The molecular weight excluding hydrogens is 526 g/mol. The Morgan fingerprint density at radius 3 is 2.45 bits per heavy atom. The van der Waals surface area contributed by atoms with Crippen LogP contribution in [-0.2, 0) is 16.1 Å². The molecule has 0 radical (unpaired) electrons. The standard InChI is InChI=1S/C35H49N3O4/c1-4-5-6-7-8-18-33(39)37-23-12-17-32(37)34(40)36-30-15-9-10-16-31(30)38(25-27-14-11-13-26(2)24-27)35(41)28-19-21-29(42-3)22-20-28/h11,13-14,19-22,24,30-32H,4-10,12,15-18,23,25H2,1-3H3,(H,36,40)/t30?,31-,32-/m1/s1. The second-order valence-corrected chi connectivity index (χ2v) is 12.0. The monoisotopic (exact) mass is 575 g/mol. The number of ether oxygens (including phenoxy) is 1. The van der Waals surface area contributed by atoms with Crippen LogP contribution in [0.3, 0.4) is 0 Å². The van der Waals surface area contributed by atoms with Crippen LogP contribution in [0, 0.1) is 6.92 Å². The molecule has 1 N–H and O–H groups in total. The summed E-state index contributed by atoms with van der Waals surface area (Å²) in [5, 5.41) is 3.34. The molecule has 2 aliphatic rings. The van der Waals surface area contributed by atoms with Crippen molar-refractivity contribution in [2.24, 2.45) is 0 Å². The van der Waals surface area contributed by atoms with Crippen LogP contribution < -0.4 is 10.1 Å². The highest BCUT2D eigenvalue weighted by molar-refractivity contribution is 5.95. The van der Waals surface area contributed by atoms with Gasteiger partial charge < -0.3 is 19.9 Å². The predicted octanol–water partition coefficient (Wildman–Crippen LogP) is 6.42. The number of nitrogens with one attached hydrogen (secondary N) is 1. The van der Waals surface area contributed by atoms with E-state index in [4.69, 9.17) is 4.74 Å². The first-order valence-electron chi connectivity index (χ1n) is 16.0. The summed E-state index contributed by atoms with van der Waals surface area (Å²) < 4.78 is 5.31. The van der Waals surface area contributed by atoms with Crippen LogP contribution in [0.2, 0.25) is 0 Å². The molecule has 0 bridgehead atoms. The van der Waals surface area contributed by atoms with Gasteiger partial charge >= 0.3 is 0 Å². The SMILES string of the molecule is CCCCCCCC(=O)N1CCC[C@@H]1C(=O)NC1CCCC[C@H]1N(Cc1cccc(C)c1)C(=O)c1ccc(OC)cc1. The number of benzene rings is 2. The highest BCUT2D eigenvalue weighted by Gasteiger charge is 2.38. The molecule has 1 heterocycles. The number of rotatable bonds is 13.